The predicted molar refractivity (Wildman–Crippen MR) is 81.5 cm³/mol. The molecule has 0 aliphatic heterocycles. The van der Waals surface area contributed by atoms with Gasteiger partial charge in [-0.3, -0.25) is 0 Å². The molecule has 0 unspecified atom stereocenters. The van der Waals surface area contributed by atoms with Gasteiger partial charge < -0.3 is 10.3 Å². The molecule has 1 aliphatic rings. The zero-order valence-corrected chi connectivity index (χ0v) is 12.5. The minimum atomic E-state index is -0.106. The monoisotopic (exact) mass is 288 g/mol. The van der Waals surface area contributed by atoms with Crippen molar-refractivity contribution in [2.24, 2.45) is 18.7 Å². The molecule has 20 heavy (non-hydrogen) atoms. The number of aromatic nitrogens is 3. The van der Waals surface area contributed by atoms with E-state index in [9.17, 15) is 0 Å². The van der Waals surface area contributed by atoms with E-state index in [2.05, 4.69) is 22.3 Å². The Bertz CT molecular complexity index is 563. The lowest BCUT2D eigenvalue weighted by atomic mass is 10.1. The van der Waals surface area contributed by atoms with E-state index in [0.29, 0.717) is 0 Å². The second-order valence-corrected chi connectivity index (χ2v) is 6.44. The van der Waals surface area contributed by atoms with Crippen LogP contribution >= 0.6 is 11.8 Å². The summed E-state index contributed by atoms with van der Waals surface area (Å²) >= 11 is 1.80. The maximum Gasteiger partial charge on any atom is 0.191 e. The summed E-state index contributed by atoms with van der Waals surface area (Å²) in [7, 11) is 2.01. The van der Waals surface area contributed by atoms with Crippen LogP contribution in [0.1, 0.15) is 30.3 Å². The third kappa shape index (κ3) is 3.22. The molecule has 3 rings (SSSR count). The lowest BCUT2D eigenvalue weighted by molar-refractivity contribution is 0.616. The number of hydrogen-bond acceptors (Lipinski definition) is 4. The first-order valence-corrected chi connectivity index (χ1v) is 8.04. The molecule has 1 aromatic heterocycles. The van der Waals surface area contributed by atoms with Gasteiger partial charge in [0.15, 0.2) is 11.0 Å². The van der Waals surface area contributed by atoms with Crippen molar-refractivity contribution in [1.82, 2.24) is 14.8 Å². The lowest BCUT2D eigenvalue weighted by Gasteiger charge is -2.11. The zero-order chi connectivity index (χ0) is 13.9. The van der Waals surface area contributed by atoms with Crippen molar-refractivity contribution >= 4 is 11.8 Å². The van der Waals surface area contributed by atoms with Gasteiger partial charge in [0.25, 0.3) is 0 Å². The summed E-state index contributed by atoms with van der Waals surface area (Å²) in [5.74, 6) is 2.91. The largest absolute Gasteiger partial charge is 0.321 e. The molecular formula is C15H20N4S. The highest BCUT2D eigenvalue weighted by atomic mass is 32.2. The van der Waals surface area contributed by atoms with Crippen LogP contribution in [0.5, 0.6) is 0 Å². The summed E-state index contributed by atoms with van der Waals surface area (Å²) in [6.07, 6.45) is 3.52. The molecule has 0 amide bonds. The van der Waals surface area contributed by atoms with Crippen molar-refractivity contribution < 1.29 is 0 Å². The first-order chi connectivity index (χ1) is 9.74. The molecule has 2 N–H and O–H groups in total. The zero-order valence-electron chi connectivity index (χ0n) is 11.7. The van der Waals surface area contributed by atoms with Gasteiger partial charge in [-0.2, -0.15) is 0 Å². The normalized spacial score (nSPS) is 16.3. The highest BCUT2D eigenvalue weighted by Crippen LogP contribution is 2.34. The molecule has 1 saturated carbocycles. The number of nitrogens with zero attached hydrogens (tertiary/aromatic N) is 3. The smallest absolute Gasteiger partial charge is 0.191 e. The summed E-state index contributed by atoms with van der Waals surface area (Å²) < 4.78 is 2.04. The topological polar surface area (TPSA) is 56.7 Å². The van der Waals surface area contributed by atoms with Gasteiger partial charge in [0.1, 0.15) is 0 Å². The van der Waals surface area contributed by atoms with Gasteiger partial charge in [-0.05, 0) is 30.7 Å². The highest BCUT2D eigenvalue weighted by Gasteiger charge is 2.23. The SMILES string of the molecule is Cn1c(SCC2CC2)nnc1[C@H](N)Cc1ccccc1. The number of rotatable bonds is 6. The van der Waals surface area contributed by atoms with Crippen LogP contribution in [0.25, 0.3) is 0 Å². The Kier molecular flexibility index (Phi) is 4.08. The summed E-state index contributed by atoms with van der Waals surface area (Å²) in [6.45, 7) is 0. The van der Waals surface area contributed by atoms with E-state index in [1.807, 2.05) is 29.8 Å². The fraction of sp³-hybridized carbons (Fsp3) is 0.467. The van der Waals surface area contributed by atoms with Crippen LogP contribution in [-0.4, -0.2) is 20.5 Å². The van der Waals surface area contributed by atoms with Crippen molar-refractivity contribution in [3.8, 4) is 0 Å². The van der Waals surface area contributed by atoms with E-state index in [1.165, 1.54) is 18.4 Å². The molecule has 0 radical (unpaired) electrons. The van der Waals surface area contributed by atoms with Gasteiger partial charge in [0.2, 0.25) is 0 Å². The second-order valence-electron chi connectivity index (χ2n) is 5.45. The van der Waals surface area contributed by atoms with E-state index < -0.39 is 0 Å². The molecule has 1 heterocycles. The van der Waals surface area contributed by atoms with Crippen molar-refractivity contribution in [1.29, 1.82) is 0 Å². The molecule has 1 aliphatic carbocycles. The first kappa shape index (κ1) is 13.6. The Hall–Kier alpha value is -1.33. The van der Waals surface area contributed by atoms with Crippen LogP contribution in [0.2, 0.25) is 0 Å². The maximum atomic E-state index is 6.28. The molecule has 0 saturated heterocycles. The van der Waals surface area contributed by atoms with Crippen LogP contribution < -0.4 is 5.73 Å². The van der Waals surface area contributed by atoms with Gasteiger partial charge in [0, 0.05) is 12.8 Å². The Morgan fingerprint density at radius 3 is 2.75 bits per heavy atom. The number of benzene rings is 1. The lowest BCUT2D eigenvalue weighted by Crippen LogP contribution is -2.18. The molecule has 5 heteroatoms. The molecule has 1 fully saturated rings. The van der Waals surface area contributed by atoms with Crippen molar-refractivity contribution in [2.45, 2.75) is 30.5 Å². The fourth-order valence-electron chi connectivity index (χ4n) is 2.21. The number of hydrogen-bond donors (Lipinski definition) is 1. The number of nitrogens with two attached hydrogens (primary N) is 1. The molecule has 4 nitrogen and oxygen atoms in total. The van der Waals surface area contributed by atoms with Gasteiger partial charge in [-0.25, -0.2) is 0 Å². The van der Waals surface area contributed by atoms with E-state index in [0.717, 1.165) is 29.1 Å². The van der Waals surface area contributed by atoms with Gasteiger partial charge in [0.05, 0.1) is 6.04 Å². The van der Waals surface area contributed by atoms with Crippen LogP contribution in [0.3, 0.4) is 0 Å². The van der Waals surface area contributed by atoms with E-state index in [1.54, 1.807) is 11.8 Å². The molecule has 106 valence electrons. The summed E-state index contributed by atoms with van der Waals surface area (Å²) in [4.78, 5) is 0. The molecule has 1 atom stereocenters. The average molecular weight is 288 g/mol. The van der Waals surface area contributed by atoms with Crippen molar-refractivity contribution in [3.05, 3.63) is 41.7 Å². The Morgan fingerprint density at radius 1 is 1.30 bits per heavy atom. The molecular weight excluding hydrogens is 268 g/mol. The van der Waals surface area contributed by atoms with Gasteiger partial charge in [-0.15, -0.1) is 10.2 Å². The Labute approximate surface area is 123 Å². The summed E-state index contributed by atoms with van der Waals surface area (Å²) in [5.41, 5.74) is 7.51. The third-order valence-electron chi connectivity index (χ3n) is 3.64. The van der Waals surface area contributed by atoms with E-state index in [4.69, 9.17) is 5.73 Å². The maximum absolute atomic E-state index is 6.28. The van der Waals surface area contributed by atoms with Crippen LogP contribution in [0, 0.1) is 5.92 Å². The molecule has 2 aromatic rings. The van der Waals surface area contributed by atoms with E-state index >= 15 is 0 Å². The third-order valence-corrected chi connectivity index (χ3v) is 4.90. The molecule has 0 bridgehead atoms. The summed E-state index contributed by atoms with van der Waals surface area (Å²) in [5, 5.41) is 9.53. The molecule has 1 aromatic carbocycles. The Morgan fingerprint density at radius 2 is 2.05 bits per heavy atom. The highest BCUT2D eigenvalue weighted by molar-refractivity contribution is 7.99. The van der Waals surface area contributed by atoms with Crippen LogP contribution in [0.15, 0.2) is 35.5 Å². The van der Waals surface area contributed by atoms with Crippen molar-refractivity contribution in [2.75, 3.05) is 5.75 Å². The Balaban J connectivity index is 1.66. The minimum Gasteiger partial charge on any atom is -0.321 e. The quantitative estimate of drug-likeness (QED) is 0.830. The van der Waals surface area contributed by atoms with Gasteiger partial charge in [-0.1, -0.05) is 42.1 Å². The van der Waals surface area contributed by atoms with Gasteiger partial charge >= 0.3 is 0 Å². The minimum absolute atomic E-state index is 0.106. The van der Waals surface area contributed by atoms with Crippen molar-refractivity contribution in [3.63, 3.8) is 0 Å². The summed E-state index contributed by atoms with van der Waals surface area (Å²) in [6, 6.07) is 10.2. The predicted octanol–water partition coefficient (Wildman–Crippen LogP) is 2.56. The fourth-order valence-corrected chi connectivity index (χ4v) is 3.31. The number of thioether (sulfide) groups is 1. The van der Waals surface area contributed by atoms with Crippen LogP contribution in [-0.2, 0) is 13.5 Å². The second kappa shape index (κ2) is 5.97. The average Bonchev–Trinajstić information content (AvgIpc) is 3.21. The van der Waals surface area contributed by atoms with E-state index in [-0.39, 0.29) is 6.04 Å². The standard InChI is InChI=1S/C15H20N4S/c1-19-14(13(16)9-11-5-3-2-4-6-11)17-18-15(19)20-10-12-7-8-12/h2-6,12-13H,7-10,16H2,1H3/t13-/m1/s1. The first-order valence-electron chi connectivity index (χ1n) is 7.05. The van der Waals surface area contributed by atoms with Crippen LogP contribution in [0.4, 0.5) is 0 Å². The molecule has 0 spiro atoms.